The van der Waals surface area contributed by atoms with Gasteiger partial charge in [0.1, 0.15) is 12.3 Å². The molecule has 1 aliphatic heterocycles. The molecule has 1 aromatic rings. The van der Waals surface area contributed by atoms with Crippen LogP contribution in [0.4, 0.5) is 4.79 Å². The standard InChI is InChI=1S/C17H22N2O4/c1-23-16(21)11-18-17(22)19-9-5-8-14(12-19)15(20)10-13-6-3-2-4-7-13/h2-4,6-7,14H,5,8-12H2,1H3,(H,18,22). The van der Waals surface area contributed by atoms with E-state index in [1.165, 1.54) is 7.11 Å². The minimum Gasteiger partial charge on any atom is -0.468 e. The third-order valence-corrected chi connectivity index (χ3v) is 4.00. The van der Waals surface area contributed by atoms with Gasteiger partial charge in [-0.3, -0.25) is 9.59 Å². The minimum atomic E-state index is -0.493. The van der Waals surface area contributed by atoms with Crippen molar-refractivity contribution in [3.05, 3.63) is 35.9 Å². The summed E-state index contributed by atoms with van der Waals surface area (Å²) in [5.41, 5.74) is 0.991. The summed E-state index contributed by atoms with van der Waals surface area (Å²) in [5.74, 6) is -0.485. The maximum Gasteiger partial charge on any atom is 0.325 e. The van der Waals surface area contributed by atoms with E-state index in [2.05, 4.69) is 10.1 Å². The first-order valence-corrected chi connectivity index (χ1v) is 7.76. The number of rotatable bonds is 5. The number of esters is 1. The van der Waals surface area contributed by atoms with Crippen molar-refractivity contribution < 1.29 is 19.1 Å². The van der Waals surface area contributed by atoms with Gasteiger partial charge in [0.2, 0.25) is 0 Å². The average molecular weight is 318 g/mol. The molecule has 1 fully saturated rings. The molecule has 0 spiro atoms. The molecule has 0 bridgehead atoms. The Morgan fingerprint density at radius 3 is 2.70 bits per heavy atom. The highest BCUT2D eigenvalue weighted by Crippen LogP contribution is 2.19. The number of nitrogens with one attached hydrogen (secondary N) is 1. The Kier molecular flexibility index (Phi) is 6.14. The van der Waals surface area contributed by atoms with Crippen molar-refractivity contribution in [1.82, 2.24) is 10.2 Å². The highest BCUT2D eigenvalue weighted by atomic mass is 16.5. The summed E-state index contributed by atoms with van der Waals surface area (Å²) in [4.78, 5) is 37.1. The van der Waals surface area contributed by atoms with Crippen molar-refractivity contribution in [3.63, 3.8) is 0 Å². The number of carbonyl (C=O) groups is 3. The van der Waals surface area contributed by atoms with Crippen molar-refractivity contribution in [2.45, 2.75) is 19.3 Å². The van der Waals surface area contributed by atoms with Crippen LogP contribution >= 0.6 is 0 Å². The van der Waals surface area contributed by atoms with E-state index in [-0.39, 0.29) is 24.3 Å². The Hall–Kier alpha value is -2.37. The van der Waals surface area contributed by atoms with Crippen molar-refractivity contribution in [3.8, 4) is 0 Å². The van der Waals surface area contributed by atoms with Crippen LogP contribution in [-0.2, 0) is 20.7 Å². The lowest BCUT2D eigenvalue weighted by Gasteiger charge is -2.32. The second-order valence-corrected chi connectivity index (χ2v) is 5.65. The van der Waals surface area contributed by atoms with Crippen molar-refractivity contribution in [2.24, 2.45) is 5.92 Å². The molecule has 6 heteroatoms. The predicted octanol–water partition coefficient (Wildman–Crippen LogP) is 1.39. The second-order valence-electron chi connectivity index (χ2n) is 5.65. The molecule has 1 aromatic carbocycles. The maximum atomic E-state index is 12.4. The summed E-state index contributed by atoms with van der Waals surface area (Å²) in [6.45, 7) is 0.843. The molecule has 6 nitrogen and oxygen atoms in total. The monoisotopic (exact) mass is 318 g/mol. The number of carbonyl (C=O) groups excluding carboxylic acids is 3. The van der Waals surface area contributed by atoms with E-state index in [1.54, 1.807) is 4.90 Å². The lowest BCUT2D eigenvalue weighted by molar-refractivity contribution is -0.139. The van der Waals surface area contributed by atoms with Gasteiger partial charge >= 0.3 is 12.0 Å². The van der Waals surface area contributed by atoms with E-state index >= 15 is 0 Å². The summed E-state index contributed by atoms with van der Waals surface area (Å²) in [6, 6.07) is 9.28. The molecule has 2 amide bonds. The van der Waals surface area contributed by atoms with Gasteiger partial charge < -0.3 is 15.0 Å². The van der Waals surface area contributed by atoms with Crippen LogP contribution in [0.3, 0.4) is 0 Å². The van der Waals surface area contributed by atoms with Crippen LogP contribution in [-0.4, -0.2) is 49.4 Å². The number of likely N-dealkylation sites (tertiary alicyclic amines) is 1. The molecule has 2 rings (SSSR count). The number of amides is 2. The zero-order valence-electron chi connectivity index (χ0n) is 13.3. The summed E-state index contributed by atoms with van der Waals surface area (Å²) in [7, 11) is 1.27. The second kappa shape index (κ2) is 8.31. The van der Waals surface area contributed by atoms with Crippen molar-refractivity contribution in [2.75, 3.05) is 26.7 Å². The Morgan fingerprint density at radius 1 is 1.26 bits per heavy atom. The van der Waals surface area contributed by atoms with Crippen LogP contribution in [0, 0.1) is 5.92 Å². The Labute approximate surface area is 135 Å². The zero-order valence-corrected chi connectivity index (χ0v) is 13.3. The van der Waals surface area contributed by atoms with Crippen LogP contribution in [0.15, 0.2) is 30.3 Å². The summed E-state index contributed by atoms with van der Waals surface area (Å²) >= 11 is 0. The number of benzene rings is 1. The van der Waals surface area contributed by atoms with Crippen LogP contribution in [0.25, 0.3) is 0 Å². The molecule has 1 atom stereocenters. The van der Waals surface area contributed by atoms with E-state index in [0.29, 0.717) is 19.5 Å². The van der Waals surface area contributed by atoms with Crippen LogP contribution in [0.1, 0.15) is 18.4 Å². The van der Waals surface area contributed by atoms with Crippen molar-refractivity contribution in [1.29, 1.82) is 0 Å². The molecule has 0 aliphatic carbocycles. The molecule has 0 saturated carbocycles. The normalized spacial score (nSPS) is 17.4. The molecular formula is C17H22N2O4. The fraction of sp³-hybridized carbons (Fsp3) is 0.471. The van der Waals surface area contributed by atoms with E-state index in [1.807, 2.05) is 30.3 Å². The van der Waals surface area contributed by atoms with Gasteiger partial charge in [0.25, 0.3) is 0 Å². The highest BCUT2D eigenvalue weighted by molar-refractivity contribution is 5.85. The van der Waals surface area contributed by atoms with Gasteiger partial charge in [-0.1, -0.05) is 30.3 Å². The largest absolute Gasteiger partial charge is 0.468 e. The highest BCUT2D eigenvalue weighted by Gasteiger charge is 2.28. The van der Waals surface area contributed by atoms with Gasteiger partial charge in [0.15, 0.2) is 0 Å². The Balaban J connectivity index is 1.86. The molecule has 1 saturated heterocycles. The molecule has 1 N–H and O–H groups in total. The molecule has 1 heterocycles. The molecule has 1 unspecified atom stereocenters. The topological polar surface area (TPSA) is 75.7 Å². The molecule has 0 radical (unpaired) electrons. The molecule has 124 valence electrons. The molecule has 0 aromatic heterocycles. The van der Waals surface area contributed by atoms with Gasteiger partial charge in [0.05, 0.1) is 7.11 Å². The van der Waals surface area contributed by atoms with E-state index < -0.39 is 5.97 Å². The quantitative estimate of drug-likeness (QED) is 0.833. The van der Waals surface area contributed by atoms with Gasteiger partial charge in [-0.25, -0.2) is 4.79 Å². The average Bonchev–Trinajstić information content (AvgIpc) is 2.60. The number of hydrogen-bond acceptors (Lipinski definition) is 4. The van der Waals surface area contributed by atoms with Crippen LogP contribution in [0.5, 0.6) is 0 Å². The van der Waals surface area contributed by atoms with Gasteiger partial charge in [-0.15, -0.1) is 0 Å². The Bertz CT molecular complexity index is 559. The SMILES string of the molecule is COC(=O)CNC(=O)N1CCCC(C(=O)Cc2ccccc2)C1. The third kappa shape index (κ3) is 5.09. The van der Waals surface area contributed by atoms with E-state index in [0.717, 1.165) is 18.4 Å². The summed E-state index contributed by atoms with van der Waals surface area (Å²) < 4.78 is 4.49. The molecule has 23 heavy (non-hydrogen) atoms. The van der Waals surface area contributed by atoms with Gasteiger partial charge in [-0.2, -0.15) is 0 Å². The number of Topliss-reactive ketones (excluding diaryl/α,β-unsaturated/α-hetero) is 1. The summed E-state index contributed by atoms with van der Waals surface area (Å²) in [6.07, 6.45) is 1.98. The number of urea groups is 1. The third-order valence-electron chi connectivity index (χ3n) is 4.00. The first-order valence-electron chi connectivity index (χ1n) is 7.76. The molecule has 1 aliphatic rings. The first kappa shape index (κ1) is 17.0. The first-order chi connectivity index (χ1) is 11.1. The predicted molar refractivity (Wildman–Crippen MR) is 84.9 cm³/mol. The number of nitrogens with zero attached hydrogens (tertiary/aromatic N) is 1. The maximum absolute atomic E-state index is 12.4. The van der Waals surface area contributed by atoms with Crippen LogP contribution < -0.4 is 5.32 Å². The van der Waals surface area contributed by atoms with Crippen LogP contribution in [0.2, 0.25) is 0 Å². The molecular weight excluding hydrogens is 296 g/mol. The lowest BCUT2D eigenvalue weighted by Crippen LogP contribution is -2.48. The van der Waals surface area contributed by atoms with E-state index in [4.69, 9.17) is 0 Å². The fourth-order valence-electron chi connectivity index (χ4n) is 2.70. The lowest BCUT2D eigenvalue weighted by atomic mass is 9.90. The van der Waals surface area contributed by atoms with Gasteiger partial charge in [0, 0.05) is 25.4 Å². The zero-order chi connectivity index (χ0) is 16.7. The Morgan fingerprint density at radius 2 is 2.00 bits per heavy atom. The minimum absolute atomic E-state index is 0.146. The summed E-state index contributed by atoms with van der Waals surface area (Å²) in [5, 5.41) is 2.51. The fourth-order valence-corrected chi connectivity index (χ4v) is 2.70. The van der Waals surface area contributed by atoms with Gasteiger partial charge in [-0.05, 0) is 18.4 Å². The number of methoxy groups -OCH3 is 1. The smallest absolute Gasteiger partial charge is 0.325 e. The van der Waals surface area contributed by atoms with Crippen molar-refractivity contribution >= 4 is 17.8 Å². The van der Waals surface area contributed by atoms with E-state index in [9.17, 15) is 14.4 Å². The number of piperidine rings is 1. The number of ketones is 1. The number of ether oxygens (including phenoxy) is 1. The number of hydrogen-bond donors (Lipinski definition) is 1.